The third-order valence-corrected chi connectivity index (χ3v) is 5.26. The molecule has 0 nitrogen and oxygen atoms in total. The van der Waals surface area contributed by atoms with Crippen molar-refractivity contribution in [1.82, 2.24) is 0 Å². The number of hydrogen-bond acceptors (Lipinski definition) is 0. The number of hydrogen-bond donors (Lipinski definition) is 0. The highest BCUT2D eigenvalue weighted by Gasteiger charge is 2.42. The molecular weight excluding hydrogens is 362 g/mol. The van der Waals surface area contributed by atoms with Gasteiger partial charge in [0.25, 0.3) is 0 Å². The van der Waals surface area contributed by atoms with Gasteiger partial charge in [-0.15, -0.1) is 0 Å². The van der Waals surface area contributed by atoms with Gasteiger partial charge in [-0.25, -0.2) is 4.39 Å². The van der Waals surface area contributed by atoms with Crippen LogP contribution in [0.25, 0.3) is 0 Å². The molecule has 0 N–H and O–H groups in total. The Balaban J connectivity index is 2.29. The fraction of sp³-hybridized carbons (Fsp3) is 0.556. The Bertz CT molecular complexity index is 445. The van der Waals surface area contributed by atoms with E-state index in [2.05, 4.69) is 48.2 Å². The molecule has 110 valence electrons. The van der Waals surface area contributed by atoms with Crippen molar-refractivity contribution in [3.05, 3.63) is 45.6 Å². The summed E-state index contributed by atoms with van der Waals surface area (Å²) in [5.41, 5.74) is 0.733. The van der Waals surface area contributed by atoms with Crippen molar-refractivity contribution in [2.75, 3.05) is 0 Å². The van der Waals surface area contributed by atoms with E-state index in [0.29, 0.717) is 3.58 Å². The van der Waals surface area contributed by atoms with Gasteiger partial charge in [-0.3, -0.25) is 0 Å². The summed E-state index contributed by atoms with van der Waals surface area (Å²) in [5, 5.41) is 0. The van der Waals surface area contributed by atoms with E-state index in [0.717, 1.165) is 44.1 Å². The third-order valence-electron chi connectivity index (χ3n) is 4.48. The Hall–Kier alpha value is -0.380. The van der Waals surface area contributed by atoms with Gasteiger partial charge in [0.05, 0.1) is 0 Å². The van der Waals surface area contributed by atoms with Gasteiger partial charge in [0, 0.05) is 9.50 Å². The lowest BCUT2D eigenvalue weighted by Gasteiger charge is -2.36. The average Bonchev–Trinajstić information content (AvgIpc) is 2.48. The van der Waals surface area contributed by atoms with E-state index in [-0.39, 0.29) is 5.92 Å². The summed E-state index contributed by atoms with van der Waals surface area (Å²) in [6.45, 7) is 6.12. The minimum absolute atomic E-state index is 0.0951. The molecule has 0 amide bonds. The van der Waals surface area contributed by atoms with Crippen LogP contribution in [-0.2, 0) is 12.1 Å². The highest BCUT2D eigenvalue weighted by atomic mass is 127. The molecule has 0 radical (unpaired) electrons. The van der Waals surface area contributed by atoms with E-state index in [1.165, 1.54) is 12.0 Å². The summed E-state index contributed by atoms with van der Waals surface area (Å²) < 4.78 is 16.4. The SMILES string of the molecule is C=C(I)C(F)(c1ccc(CCC)cc1)C1CCCCC1. The Morgan fingerprint density at radius 3 is 2.35 bits per heavy atom. The third kappa shape index (κ3) is 3.26. The van der Waals surface area contributed by atoms with E-state index in [1.807, 2.05) is 12.1 Å². The maximum Gasteiger partial charge on any atom is 0.168 e. The topological polar surface area (TPSA) is 0 Å². The molecule has 0 aromatic heterocycles. The lowest BCUT2D eigenvalue weighted by Crippen LogP contribution is -2.32. The maximum atomic E-state index is 15.7. The molecule has 20 heavy (non-hydrogen) atoms. The molecule has 1 atom stereocenters. The second-order valence-electron chi connectivity index (χ2n) is 5.90. The van der Waals surface area contributed by atoms with E-state index < -0.39 is 5.67 Å². The molecule has 0 bridgehead atoms. The lowest BCUT2D eigenvalue weighted by molar-refractivity contribution is 0.101. The molecule has 0 spiro atoms. The molecule has 2 heteroatoms. The summed E-state index contributed by atoms with van der Waals surface area (Å²) in [5.74, 6) is 0.0951. The number of allylic oxidation sites excluding steroid dienone is 1. The van der Waals surface area contributed by atoms with E-state index in [4.69, 9.17) is 0 Å². The standard InChI is InChI=1S/C18H24FI/c1-3-7-15-10-12-17(13-11-15)18(19,14(2)20)16-8-5-4-6-9-16/h10-13,16H,2-9H2,1H3. The van der Waals surface area contributed by atoms with Gasteiger partial charge in [0.15, 0.2) is 5.67 Å². The van der Waals surface area contributed by atoms with Crippen LogP contribution >= 0.6 is 22.6 Å². The Kier molecular flexibility index (Phi) is 5.65. The Labute approximate surface area is 136 Å². The van der Waals surface area contributed by atoms with Gasteiger partial charge in [-0.05, 0) is 53.0 Å². The van der Waals surface area contributed by atoms with Crippen molar-refractivity contribution >= 4 is 22.6 Å². The lowest BCUT2D eigenvalue weighted by atomic mass is 9.74. The first-order valence-corrected chi connectivity index (χ1v) is 8.80. The van der Waals surface area contributed by atoms with Crippen LogP contribution in [-0.4, -0.2) is 0 Å². The zero-order valence-corrected chi connectivity index (χ0v) is 14.5. The molecule has 1 aliphatic rings. The van der Waals surface area contributed by atoms with Gasteiger partial charge in [0.2, 0.25) is 0 Å². The average molecular weight is 386 g/mol. The second-order valence-corrected chi connectivity index (χ2v) is 7.20. The van der Waals surface area contributed by atoms with E-state index in [1.54, 1.807) is 0 Å². The number of aryl methyl sites for hydroxylation is 1. The molecule has 1 fully saturated rings. The van der Waals surface area contributed by atoms with Crippen LogP contribution in [0.1, 0.15) is 56.6 Å². The highest BCUT2D eigenvalue weighted by Crippen LogP contribution is 2.48. The summed E-state index contributed by atoms with van der Waals surface area (Å²) in [4.78, 5) is 0. The van der Waals surface area contributed by atoms with Gasteiger partial charge in [-0.2, -0.15) is 0 Å². The number of alkyl halides is 1. The molecule has 1 aliphatic carbocycles. The summed E-state index contributed by atoms with van der Waals surface area (Å²) in [6.07, 6.45) is 7.69. The molecule has 2 rings (SSSR count). The van der Waals surface area contributed by atoms with Crippen LogP contribution < -0.4 is 0 Å². The van der Waals surface area contributed by atoms with Crippen molar-refractivity contribution in [3.63, 3.8) is 0 Å². The molecule has 1 aromatic carbocycles. The first-order chi connectivity index (χ1) is 9.59. The van der Waals surface area contributed by atoms with Crippen molar-refractivity contribution in [2.24, 2.45) is 5.92 Å². The predicted octanol–water partition coefficient (Wildman–Crippen LogP) is 6.33. The number of rotatable bonds is 5. The molecular formula is C18H24FI. The van der Waals surface area contributed by atoms with Gasteiger partial charge in [-0.1, -0.05) is 63.5 Å². The van der Waals surface area contributed by atoms with Gasteiger partial charge < -0.3 is 0 Å². The largest absolute Gasteiger partial charge is 0.233 e. The second kappa shape index (κ2) is 7.06. The molecule has 0 aliphatic heterocycles. The minimum Gasteiger partial charge on any atom is -0.233 e. The van der Waals surface area contributed by atoms with Crippen LogP contribution in [0.5, 0.6) is 0 Å². The van der Waals surface area contributed by atoms with Crippen LogP contribution in [0.4, 0.5) is 4.39 Å². The van der Waals surface area contributed by atoms with Crippen LogP contribution in [0.2, 0.25) is 0 Å². The molecule has 1 aromatic rings. The summed E-state index contributed by atoms with van der Waals surface area (Å²) in [6, 6.07) is 8.11. The van der Waals surface area contributed by atoms with Crippen LogP contribution in [0, 0.1) is 5.92 Å². The Morgan fingerprint density at radius 2 is 1.85 bits per heavy atom. The molecule has 0 heterocycles. The van der Waals surface area contributed by atoms with Gasteiger partial charge >= 0.3 is 0 Å². The Morgan fingerprint density at radius 1 is 1.25 bits per heavy atom. The van der Waals surface area contributed by atoms with Gasteiger partial charge in [0.1, 0.15) is 0 Å². The number of halogens is 2. The zero-order valence-electron chi connectivity index (χ0n) is 12.3. The van der Waals surface area contributed by atoms with Crippen molar-refractivity contribution in [1.29, 1.82) is 0 Å². The van der Waals surface area contributed by atoms with Crippen molar-refractivity contribution in [2.45, 2.75) is 57.5 Å². The van der Waals surface area contributed by atoms with Crippen molar-refractivity contribution < 1.29 is 4.39 Å². The minimum atomic E-state index is -1.36. The quantitative estimate of drug-likeness (QED) is 0.519. The summed E-state index contributed by atoms with van der Waals surface area (Å²) >= 11 is 2.08. The van der Waals surface area contributed by atoms with E-state index >= 15 is 4.39 Å². The molecule has 1 saturated carbocycles. The fourth-order valence-electron chi connectivity index (χ4n) is 3.32. The molecule has 1 unspecified atom stereocenters. The predicted molar refractivity (Wildman–Crippen MR) is 93.0 cm³/mol. The van der Waals surface area contributed by atoms with Crippen LogP contribution in [0.15, 0.2) is 34.4 Å². The van der Waals surface area contributed by atoms with Crippen LogP contribution in [0.3, 0.4) is 0 Å². The summed E-state index contributed by atoms with van der Waals surface area (Å²) in [7, 11) is 0. The smallest absolute Gasteiger partial charge is 0.168 e. The zero-order chi connectivity index (χ0) is 14.6. The normalized spacial score (nSPS) is 19.6. The van der Waals surface area contributed by atoms with Crippen molar-refractivity contribution in [3.8, 4) is 0 Å². The first-order valence-electron chi connectivity index (χ1n) is 7.72. The van der Waals surface area contributed by atoms with E-state index in [9.17, 15) is 0 Å². The number of benzene rings is 1. The fourth-order valence-corrected chi connectivity index (χ4v) is 4.07. The maximum absolute atomic E-state index is 15.7. The first kappa shape index (κ1) is 16.0. The monoisotopic (exact) mass is 386 g/mol. The molecule has 0 saturated heterocycles. The highest BCUT2D eigenvalue weighted by molar-refractivity contribution is 14.1.